The molecule has 6 heteroatoms. The summed E-state index contributed by atoms with van der Waals surface area (Å²) in [5, 5.41) is 3.25. The highest BCUT2D eigenvalue weighted by molar-refractivity contribution is 7.99. The predicted octanol–water partition coefficient (Wildman–Crippen LogP) is 4.22. The van der Waals surface area contributed by atoms with E-state index in [2.05, 4.69) is 41.5 Å². The Kier molecular flexibility index (Phi) is 5.79. The van der Waals surface area contributed by atoms with Gasteiger partial charge in [-0.3, -0.25) is 9.20 Å². The molecule has 1 amide bonds. The summed E-state index contributed by atoms with van der Waals surface area (Å²) < 4.78 is 1.85. The quantitative estimate of drug-likeness (QED) is 0.401. The summed E-state index contributed by atoms with van der Waals surface area (Å²) in [5.74, 6) is 0.672. The van der Waals surface area contributed by atoms with E-state index < -0.39 is 0 Å². The third-order valence-electron chi connectivity index (χ3n) is 3.61. The van der Waals surface area contributed by atoms with Crippen molar-refractivity contribution in [1.82, 2.24) is 14.7 Å². The first-order chi connectivity index (χ1) is 12.1. The van der Waals surface area contributed by atoms with Crippen molar-refractivity contribution in [3.05, 3.63) is 71.1 Å². The fraction of sp³-hybridized carbons (Fsp3) is 0.158. The molecular weight excluding hydrogens is 354 g/mol. The van der Waals surface area contributed by atoms with Gasteiger partial charge in [-0.25, -0.2) is 4.98 Å². The highest BCUT2D eigenvalue weighted by atomic mass is 35.5. The van der Waals surface area contributed by atoms with Gasteiger partial charge >= 0.3 is 0 Å². The maximum Gasteiger partial charge on any atom is 0.244 e. The number of nitrogens with one attached hydrogen (secondary N) is 1. The molecule has 2 heterocycles. The van der Waals surface area contributed by atoms with Crippen LogP contribution in [0, 0.1) is 6.92 Å². The van der Waals surface area contributed by atoms with Gasteiger partial charge in [-0.15, -0.1) is 11.8 Å². The average molecular weight is 372 g/mol. The van der Waals surface area contributed by atoms with Gasteiger partial charge < -0.3 is 5.32 Å². The molecule has 3 rings (SSSR count). The largest absolute Gasteiger partial charge is 0.352 e. The number of hydrogen-bond acceptors (Lipinski definition) is 3. The predicted molar refractivity (Wildman–Crippen MR) is 104 cm³/mol. The number of aromatic nitrogens is 2. The van der Waals surface area contributed by atoms with Crippen LogP contribution in [0.5, 0.6) is 0 Å². The molecule has 0 radical (unpaired) electrons. The van der Waals surface area contributed by atoms with Crippen LogP contribution in [0.1, 0.15) is 11.3 Å². The number of aryl methyl sites for hydroxylation is 1. The number of nitrogens with zero attached hydrogens (tertiary/aromatic N) is 2. The van der Waals surface area contributed by atoms with Gasteiger partial charge in [0.25, 0.3) is 0 Å². The van der Waals surface area contributed by atoms with Crippen molar-refractivity contribution in [2.75, 3.05) is 12.3 Å². The zero-order valence-electron chi connectivity index (χ0n) is 13.8. The molecule has 0 aliphatic heterocycles. The van der Waals surface area contributed by atoms with Gasteiger partial charge in [-0.1, -0.05) is 35.4 Å². The Bertz CT molecular complexity index is 903. The maximum absolute atomic E-state index is 12.0. The Hall–Kier alpha value is -2.24. The van der Waals surface area contributed by atoms with Crippen molar-refractivity contribution in [3.8, 4) is 0 Å². The van der Waals surface area contributed by atoms with Gasteiger partial charge in [0.1, 0.15) is 5.65 Å². The Morgan fingerprint density at radius 3 is 2.88 bits per heavy atom. The molecule has 0 saturated heterocycles. The van der Waals surface area contributed by atoms with Crippen molar-refractivity contribution in [2.24, 2.45) is 0 Å². The van der Waals surface area contributed by atoms with E-state index in [1.54, 1.807) is 17.8 Å². The number of pyridine rings is 1. The fourth-order valence-electron chi connectivity index (χ4n) is 2.33. The Morgan fingerprint density at radius 1 is 1.28 bits per heavy atom. The van der Waals surface area contributed by atoms with Gasteiger partial charge in [0, 0.05) is 29.5 Å². The summed E-state index contributed by atoms with van der Waals surface area (Å²) in [6, 6.07) is 14.0. The lowest BCUT2D eigenvalue weighted by atomic mass is 10.2. The number of carbonyl (C=O) groups excluding carboxylic acids is 1. The minimum atomic E-state index is -0.147. The molecule has 2 aromatic heterocycles. The summed E-state index contributed by atoms with van der Waals surface area (Å²) in [6.07, 6.45) is 5.04. The Morgan fingerprint density at radius 2 is 2.08 bits per heavy atom. The summed E-state index contributed by atoms with van der Waals surface area (Å²) in [5.41, 5.74) is 2.69. The Labute approximate surface area is 155 Å². The lowest BCUT2D eigenvalue weighted by molar-refractivity contribution is -0.116. The summed E-state index contributed by atoms with van der Waals surface area (Å²) in [6.45, 7) is 2.67. The zero-order chi connectivity index (χ0) is 17.6. The fourth-order valence-corrected chi connectivity index (χ4v) is 3.34. The molecule has 0 atom stereocenters. The number of rotatable bonds is 6. The lowest BCUT2D eigenvalue weighted by Crippen LogP contribution is -2.23. The monoisotopic (exact) mass is 371 g/mol. The number of amides is 1. The van der Waals surface area contributed by atoms with E-state index in [0.717, 1.165) is 11.4 Å². The molecule has 0 spiro atoms. The highest BCUT2D eigenvalue weighted by Crippen LogP contribution is 2.19. The SMILES string of the molecule is Cc1ccc(SCCNC(=O)/C=C/c2c(Cl)nc3ccccn23)cc1. The highest BCUT2D eigenvalue weighted by Gasteiger charge is 2.07. The van der Waals surface area contributed by atoms with Crippen LogP contribution in [0.15, 0.2) is 59.6 Å². The van der Waals surface area contributed by atoms with E-state index in [1.807, 2.05) is 28.8 Å². The van der Waals surface area contributed by atoms with Crippen molar-refractivity contribution in [3.63, 3.8) is 0 Å². The van der Waals surface area contributed by atoms with E-state index in [9.17, 15) is 4.79 Å². The van der Waals surface area contributed by atoms with Gasteiger partial charge in [0.05, 0.1) is 5.69 Å². The van der Waals surface area contributed by atoms with Gasteiger partial charge in [-0.05, 0) is 37.3 Å². The number of carbonyl (C=O) groups is 1. The third kappa shape index (κ3) is 4.65. The number of hydrogen-bond donors (Lipinski definition) is 1. The van der Waals surface area contributed by atoms with E-state index >= 15 is 0 Å². The van der Waals surface area contributed by atoms with E-state index in [1.165, 1.54) is 16.5 Å². The van der Waals surface area contributed by atoms with E-state index in [0.29, 0.717) is 17.4 Å². The summed E-state index contributed by atoms with van der Waals surface area (Å²) in [4.78, 5) is 17.4. The van der Waals surface area contributed by atoms with Crippen molar-refractivity contribution in [2.45, 2.75) is 11.8 Å². The van der Waals surface area contributed by atoms with Crippen molar-refractivity contribution >= 4 is 41.0 Å². The summed E-state index contributed by atoms with van der Waals surface area (Å²) in [7, 11) is 0. The van der Waals surface area contributed by atoms with Gasteiger partial charge in [0.15, 0.2) is 5.15 Å². The second-order valence-corrected chi connectivity index (χ2v) is 7.03. The third-order valence-corrected chi connectivity index (χ3v) is 4.90. The van der Waals surface area contributed by atoms with Crippen LogP contribution in [0.2, 0.25) is 5.15 Å². The molecule has 0 aliphatic carbocycles. The number of fused-ring (bicyclic) bond motifs is 1. The first-order valence-electron chi connectivity index (χ1n) is 7.91. The van der Waals surface area contributed by atoms with Gasteiger partial charge in [-0.2, -0.15) is 0 Å². The average Bonchev–Trinajstić information content (AvgIpc) is 2.93. The van der Waals surface area contributed by atoms with Crippen LogP contribution < -0.4 is 5.32 Å². The molecule has 1 aromatic carbocycles. The first kappa shape index (κ1) is 17.6. The van der Waals surface area contributed by atoms with Crippen LogP contribution in [0.3, 0.4) is 0 Å². The number of thioether (sulfide) groups is 1. The number of benzene rings is 1. The zero-order valence-corrected chi connectivity index (χ0v) is 15.3. The Balaban J connectivity index is 1.51. The van der Waals surface area contributed by atoms with Crippen LogP contribution >= 0.6 is 23.4 Å². The number of halogens is 1. The van der Waals surface area contributed by atoms with Crippen molar-refractivity contribution < 1.29 is 4.79 Å². The van der Waals surface area contributed by atoms with E-state index in [-0.39, 0.29) is 5.91 Å². The molecule has 0 bridgehead atoms. The molecule has 0 saturated carbocycles. The molecule has 0 aliphatic rings. The molecule has 25 heavy (non-hydrogen) atoms. The van der Waals surface area contributed by atoms with Gasteiger partial charge in [0.2, 0.25) is 5.91 Å². The minimum Gasteiger partial charge on any atom is -0.352 e. The standard InChI is InChI=1S/C19H18ClN3OS/c1-14-5-7-15(8-6-14)25-13-11-21-18(24)10-9-16-19(20)22-17-4-2-3-12-23(16)17/h2-10,12H,11,13H2,1H3,(H,21,24)/b10-9+. The van der Waals surface area contributed by atoms with Crippen LogP contribution in [0.4, 0.5) is 0 Å². The minimum absolute atomic E-state index is 0.147. The molecular formula is C19H18ClN3OS. The van der Waals surface area contributed by atoms with Crippen LogP contribution in [-0.4, -0.2) is 27.6 Å². The smallest absolute Gasteiger partial charge is 0.244 e. The van der Waals surface area contributed by atoms with E-state index in [4.69, 9.17) is 11.6 Å². The first-order valence-corrected chi connectivity index (χ1v) is 9.28. The molecule has 4 nitrogen and oxygen atoms in total. The van der Waals surface area contributed by atoms with Crippen LogP contribution in [-0.2, 0) is 4.79 Å². The maximum atomic E-state index is 12.0. The topological polar surface area (TPSA) is 46.4 Å². The molecule has 1 N–H and O–H groups in total. The second kappa shape index (κ2) is 8.23. The molecule has 0 fully saturated rings. The summed E-state index contributed by atoms with van der Waals surface area (Å²) >= 11 is 7.86. The van der Waals surface area contributed by atoms with Crippen molar-refractivity contribution in [1.29, 1.82) is 0 Å². The molecule has 3 aromatic rings. The molecule has 128 valence electrons. The molecule has 0 unspecified atom stereocenters. The number of imidazole rings is 1. The second-order valence-electron chi connectivity index (χ2n) is 5.50. The van der Waals surface area contributed by atoms with Crippen LogP contribution in [0.25, 0.3) is 11.7 Å². The lowest BCUT2D eigenvalue weighted by Gasteiger charge is -2.03. The normalized spacial score (nSPS) is 11.3.